The Balaban J connectivity index is 2.08. The first-order valence-corrected chi connectivity index (χ1v) is 10.7. The van der Waals surface area contributed by atoms with Crippen molar-refractivity contribution in [1.29, 1.82) is 0 Å². The first kappa shape index (κ1) is 16.6. The molecule has 0 atom stereocenters. The molecule has 3 nitrogen and oxygen atoms in total. The van der Waals surface area contributed by atoms with Crippen molar-refractivity contribution < 1.29 is 4.74 Å². The van der Waals surface area contributed by atoms with E-state index >= 15 is 0 Å². The van der Waals surface area contributed by atoms with Crippen LogP contribution in [0.5, 0.6) is 0 Å². The molecule has 0 radical (unpaired) electrons. The quantitative estimate of drug-likeness (QED) is 0.321. The summed E-state index contributed by atoms with van der Waals surface area (Å²) >= 11 is 5.29. The molecule has 0 unspecified atom stereocenters. The highest BCUT2D eigenvalue weighted by molar-refractivity contribution is 7.99. The molecule has 0 fully saturated rings. The average molecular weight is 355 g/mol. The van der Waals surface area contributed by atoms with E-state index in [9.17, 15) is 0 Å². The molecule has 2 aromatic rings. The van der Waals surface area contributed by atoms with E-state index in [-0.39, 0.29) is 5.60 Å². The van der Waals surface area contributed by atoms with Gasteiger partial charge in [0.15, 0.2) is 5.16 Å². The van der Waals surface area contributed by atoms with Gasteiger partial charge in [-0.15, -0.1) is 23.1 Å². The number of hydrogen-bond donors (Lipinski definition) is 0. The van der Waals surface area contributed by atoms with Crippen LogP contribution in [0.3, 0.4) is 0 Å². The number of nitrogens with zero attached hydrogens (tertiary/aromatic N) is 2. The third kappa shape index (κ3) is 3.30. The maximum atomic E-state index is 5.97. The summed E-state index contributed by atoms with van der Waals surface area (Å²) in [4.78, 5) is 12.0. The van der Waals surface area contributed by atoms with E-state index in [0.29, 0.717) is 6.61 Å². The molecule has 0 saturated heterocycles. The molecule has 0 aromatic carbocycles. The molecule has 120 valence electrons. The van der Waals surface area contributed by atoms with Crippen LogP contribution in [0.25, 0.3) is 10.2 Å². The summed E-state index contributed by atoms with van der Waals surface area (Å²) in [6.45, 7) is 7.27. The van der Waals surface area contributed by atoms with E-state index in [2.05, 4.69) is 20.8 Å². The van der Waals surface area contributed by atoms with Gasteiger partial charge >= 0.3 is 0 Å². The Labute approximate surface area is 144 Å². The first-order valence-electron chi connectivity index (χ1n) is 7.67. The van der Waals surface area contributed by atoms with Crippen LogP contribution in [0, 0.1) is 0 Å². The lowest BCUT2D eigenvalue weighted by Crippen LogP contribution is -2.31. The molecule has 3 heterocycles. The Morgan fingerprint density at radius 2 is 2.14 bits per heavy atom. The molecule has 0 aliphatic carbocycles. The number of aromatic nitrogens is 2. The van der Waals surface area contributed by atoms with Crippen LogP contribution < -0.4 is 0 Å². The largest absolute Gasteiger partial charge is 0.370 e. The SMILES string of the molecule is CCCCSc1nc(SC)nc2sc3c(c12)CC(C)(C)OC3. The van der Waals surface area contributed by atoms with Crippen molar-refractivity contribution in [3.63, 3.8) is 0 Å². The van der Waals surface area contributed by atoms with E-state index in [4.69, 9.17) is 14.7 Å². The summed E-state index contributed by atoms with van der Waals surface area (Å²) in [6.07, 6.45) is 5.44. The average Bonchev–Trinajstić information content (AvgIpc) is 2.83. The molecule has 0 N–H and O–H groups in total. The number of thioether (sulfide) groups is 2. The van der Waals surface area contributed by atoms with Crippen LogP contribution in [0.2, 0.25) is 0 Å². The molecule has 0 bridgehead atoms. The predicted octanol–water partition coefficient (Wildman–Crippen LogP) is 5.16. The maximum absolute atomic E-state index is 5.97. The molecular formula is C16H22N2OS3. The Hall–Kier alpha value is -0.300. The fourth-order valence-electron chi connectivity index (χ4n) is 2.60. The van der Waals surface area contributed by atoms with Gasteiger partial charge in [0.05, 0.1) is 12.2 Å². The molecule has 1 aliphatic rings. The Bertz CT molecular complexity index is 682. The van der Waals surface area contributed by atoms with Crippen LogP contribution in [0.15, 0.2) is 10.2 Å². The van der Waals surface area contributed by atoms with Crippen molar-refractivity contribution in [2.24, 2.45) is 0 Å². The van der Waals surface area contributed by atoms with Gasteiger partial charge in [-0.1, -0.05) is 25.1 Å². The van der Waals surface area contributed by atoms with Gasteiger partial charge in [0.25, 0.3) is 0 Å². The second kappa shape index (κ2) is 6.67. The van der Waals surface area contributed by atoms with E-state index in [1.165, 1.54) is 28.7 Å². The highest BCUT2D eigenvalue weighted by Crippen LogP contribution is 2.42. The minimum Gasteiger partial charge on any atom is -0.370 e. The minimum atomic E-state index is -0.0927. The standard InChI is InChI=1S/C16H22N2OS3/c1-5-6-7-21-13-12-10-8-16(2,3)19-9-11(10)22-14(12)18-15(17-13)20-4/h5-9H2,1-4H3. The van der Waals surface area contributed by atoms with E-state index in [1.807, 2.05) is 18.0 Å². The monoisotopic (exact) mass is 354 g/mol. The smallest absolute Gasteiger partial charge is 0.189 e. The minimum absolute atomic E-state index is 0.0927. The zero-order chi connectivity index (χ0) is 15.7. The van der Waals surface area contributed by atoms with Crippen molar-refractivity contribution in [3.8, 4) is 0 Å². The van der Waals surface area contributed by atoms with Crippen LogP contribution in [-0.2, 0) is 17.8 Å². The lowest BCUT2D eigenvalue weighted by atomic mass is 9.95. The maximum Gasteiger partial charge on any atom is 0.189 e. The van der Waals surface area contributed by atoms with Crippen molar-refractivity contribution in [3.05, 3.63) is 10.4 Å². The van der Waals surface area contributed by atoms with Gasteiger partial charge in [-0.3, -0.25) is 0 Å². The summed E-state index contributed by atoms with van der Waals surface area (Å²) in [5.41, 5.74) is 1.33. The zero-order valence-corrected chi connectivity index (χ0v) is 16.0. The normalized spacial score (nSPS) is 16.9. The molecule has 3 rings (SSSR count). The summed E-state index contributed by atoms with van der Waals surface area (Å²) in [5, 5.41) is 3.33. The van der Waals surface area contributed by atoms with Crippen LogP contribution in [-0.4, -0.2) is 27.6 Å². The second-order valence-corrected chi connectivity index (χ2v) is 9.07. The molecule has 0 saturated carbocycles. The number of rotatable bonds is 5. The summed E-state index contributed by atoms with van der Waals surface area (Å²) in [7, 11) is 0. The fraction of sp³-hybridized carbons (Fsp3) is 0.625. The van der Waals surface area contributed by atoms with Crippen molar-refractivity contribution >= 4 is 45.1 Å². The van der Waals surface area contributed by atoms with Gasteiger partial charge in [0.2, 0.25) is 0 Å². The lowest BCUT2D eigenvalue weighted by molar-refractivity contribution is -0.0379. The third-order valence-corrected chi connectivity index (χ3v) is 6.50. The van der Waals surface area contributed by atoms with Gasteiger partial charge in [0.1, 0.15) is 9.86 Å². The molecule has 22 heavy (non-hydrogen) atoms. The van der Waals surface area contributed by atoms with Crippen molar-refractivity contribution in [2.45, 2.75) is 62.4 Å². The molecule has 6 heteroatoms. The zero-order valence-electron chi connectivity index (χ0n) is 13.6. The summed E-state index contributed by atoms with van der Waals surface area (Å²) < 4.78 is 5.97. The van der Waals surface area contributed by atoms with E-state index in [0.717, 1.165) is 27.2 Å². The Morgan fingerprint density at radius 1 is 1.32 bits per heavy atom. The summed E-state index contributed by atoms with van der Waals surface area (Å²) in [5.74, 6) is 1.13. The number of ether oxygens (including phenoxy) is 1. The van der Waals surface area contributed by atoms with Crippen molar-refractivity contribution in [2.75, 3.05) is 12.0 Å². The van der Waals surface area contributed by atoms with Gasteiger partial charge in [0, 0.05) is 16.7 Å². The number of hydrogen-bond acceptors (Lipinski definition) is 6. The van der Waals surface area contributed by atoms with Gasteiger partial charge in [-0.2, -0.15) is 0 Å². The van der Waals surface area contributed by atoms with Crippen molar-refractivity contribution in [1.82, 2.24) is 9.97 Å². The molecule has 1 aliphatic heterocycles. The van der Waals surface area contributed by atoms with Crippen LogP contribution in [0.4, 0.5) is 0 Å². The topological polar surface area (TPSA) is 35.0 Å². The number of fused-ring (bicyclic) bond motifs is 3. The number of thiophene rings is 1. The molecule has 0 amide bonds. The highest BCUT2D eigenvalue weighted by atomic mass is 32.2. The second-order valence-electron chi connectivity index (χ2n) is 6.13. The molecular weight excluding hydrogens is 332 g/mol. The van der Waals surface area contributed by atoms with E-state index in [1.54, 1.807) is 23.1 Å². The third-order valence-electron chi connectivity index (χ3n) is 3.80. The molecule has 0 spiro atoms. The highest BCUT2D eigenvalue weighted by Gasteiger charge is 2.30. The van der Waals surface area contributed by atoms with Crippen LogP contribution >= 0.6 is 34.9 Å². The van der Waals surface area contributed by atoms with Gasteiger partial charge < -0.3 is 4.74 Å². The first-order chi connectivity index (χ1) is 10.5. The summed E-state index contributed by atoms with van der Waals surface area (Å²) in [6, 6.07) is 0. The lowest BCUT2D eigenvalue weighted by Gasteiger charge is -2.30. The van der Waals surface area contributed by atoms with Gasteiger partial charge in [-0.05, 0) is 37.8 Å². The predicted molar refractivity (Wildman–Crippen MR) is 97.4 cm³/mol. The molecule has 2 aromatic heterocycles. The van der Waals surface area contributed by atoms with Gasteiger partial charge in [-0.25, -0.2) is 9.97 Å². The fourth-order valence-corrected chi connectivity index (χ4v) is 5.39. The van der Waals surface area contributed by atoms with E-state index < -0.39 is 0 Å². The Kier molecular flexibility index (Phi) is 5.02. The number of unbranched alkanes of at least 4 members (excludes halogenated alkanes) is 1. The Morgan fingerprint density at radius 3 is 2.86 bits per heavy atom. The van der Waals surface area contributed by atoms with Crippen LogP contribution in [0.1, 0.15) is 44.1 Å².